The van der Waals surface area contributed by atoms with Crippen molar-refractivity contribution in [3.63, 3.8) is 0 Å². The van der Waals surface area contributed by atoms with Crippen LogP contribution in [0.3, 0.4) is 0 Å². The zero-order chi connectivity index (χ0) is 23.4. The maximum absolute atomic E-state index is 13.1. The lowest BCUT2D eigenvalue weighted by Gasteiger charge is -2.25. The summed E-state index contributed by atoms with van der Waals surface area (Å²) in [5.74, 6) is -1.96. The first-order valence-electron chi connectivity index (χ1n) is 11.0. The molecule has 0 aromatic heterocycles. The van der Waals surface area contributed by atoms with Gasteiger partial charge in [0.2, 0.25) is 11.8 Å². The van der Waals surface area contributed by atoms with Gasteiger partial charge in [-0.25, -0.2) is 9.82 Å². The van der Waals surface area contributed by atoms with Crippen LogP contribution in [0.4, 0.5) is 15.8 Å². The Morgan fingerprint density at radius 1 is 1.12 bits per heavy atom. The fraction of sp³-hybridized carbons (Fsp3) is 0.333. The van der Waals surface area contributed by atoms with Gasteiger partial charge >= 0.3 is 0 Å². The van der Waals surface area contributed by atoms with Crippen molar-refractivity contribution in [3.05, 3.63) is 59.4 Å². The average Bonchev–Trinajstić information content (AvgIpc) is 3.12. The second-order valence-electron chi connectivity index (χ2n) is 8.31. The highest BCUT2D eigenvalue weighted by Gasteiger charge is 2.27. The number of hydrazone groups is 1. The van der Waals surface area contributed by atoms with Gasteiger partial charge in [0.25, 0.3) is 5.91 Å². The summed E-state index contributed by atoms with van der Waals surface area (Å²) in [6, 6.07) is 10.7. The molecule has 33 heavy (non-hydrogen) atoms. The third-order valence-corrected chi connectivity index (χ3v) is 5.88. The van der Waals surface area contributed by atoms with Crippen LogP contribution in [0.25, 0.3) is 0 Å². The van der Waals surface area contributed by atoms with Gasteiger partial charge in [0.15, 0.2) is 5.71 Å². The van der Waals surface area contributed by atoms with E-state index in [1.807, 2.05) is 0 Å². The monoisotopic (exact) mass is 451 g/mol. The number of hydrogen-bond acceptors (Lipinski definition) is 5. The highest BCUT2D eigenvalue weighted by atomic mass is 19.1. The number of nitrogens with zero attached hydrogens (tertiary/aromatic N) is 2. The Morgan fingerprint density at radius 2 is 1.85 bits per heavy atom. The van der Waals surface area contributed by atoms with E-state index in [-0.39, 0.29) is 17.4 Å². The fourth-order valence-corrected chi connectivity index (χ4v) is 3.97. The maximum atomic E-state index is 13.1. The number of piperidine rings is 1. The topological polar surface area (TPSA) is 103 Å². The molecule has 1 unspecified atom stereocenters. The van der Waals surface area contributed by atoms with E-state index >= 15 is 0 Å². The number of halogens is 1. The van der Waals surface area contributed by atoms with Crippen molar-refractivity contribution >= 4 is 34.8 Å². The van der Waals surface area contributed by atoms with Gasteiger partial charge in [0, 0.05) is 11.3 Å². The first-order valence-corrected chi connectivity index (χ1v) is 11.0. The molecule has 2 aliphatic heterocycles. The predicted molar refractivity (Wildman–Crippen MR) is 123 cm³/mol. The van der Waals surface area contributed by atoms with Gasteiger partial charge in [-0.3, -0.25) is 19.3 Å². The predicted octanol–water partition coefficient (Wildman–Crippen LogP) is 2.83. The van der Waals surface area contributed by atoms with Gasteiger partial charge in [0.05, 0.1) is 18.2 Å². The number of carbonyl (C=O) groups is 3. The van der Waals surface area contributed by atoms with Gasteiger partial charge in [-0.05, 0) is 68.8 Å². The fourth-order valence-electron chi connectivity index (χ4n) is 3.97. The first kappa shape index (κ1) is 22.6. The lowest BCUT2D eigenvalue weighted by molar-refractivity contribution is -0.122. The standard InChI is InChI=1S/C24H26FN5O3/c1-15(16-5-7-17(25)8-6-16)23(32)29-28-22-19-13-18(9-10-20(19)27-24(22)33)26-21(31)14-30-11-3-2-4-12-30/h5-10,13,15H,2-4,11-12,14H2,1H3,(H,26,31)(H,29,32)(H,27,28,33). The van der Waals surface area contributed by atoms with E-state index in [1.54, 1.807) is 25.1 Å². The summed E-state index contributed by atoms with van der Waals surface area (Å²) < 4.78 is 13.1. The molecule has 0 saturated carbocycles. The molecule has 2 aliphatic rings. The van der Waals surface area contributed by atoms with E-state index in [0.29, 0.717) is 29.0 Å². The van der Waals surface area contributed by atoms with E-state index in [9.17, 15) is 18.8 Å². The molecule has 1 fully saturated rings. The molecular weight excluding hydrogens is 425 g/mol. The largest absolute Gasteiger partial charge is 0.325 e. The van der Waals surface area contributed by atoms with Crippen molar-refractivity contribution in [2.75, 3.05) is 30.3 Å². The van der Waals surface area contributed by atoms with Crippen molar-refractivity contribution in [2.24, 2.45) is 5.10 Å². The number of likely N-dealkylation sites (tertiary alicyclic amines) is 1. The molecule has 1 saturated heterocycles. The molecule has 0 aliphatic carbocycles. The lowest BCUT2D eigenvalue weighted by atomic mass is 10.0. The molecule has 4 rings (SSSR count). The highest BCUT2D eigenvalue weighted by molar-refractivity contribution is 6.54. The molecule has 0 spiro atoms. The summed E-state index contributed by atoms with van der Waals surface area (Å²) >= 11 is 0. The number of amides is 3. The quantitative estimate of drug-likeness (QED) is 0.588. The molecule has 0 radical (unpaired) electrons. The lowest BCUT2D eigenvalue weighted by Crippen LogP contribution is -2.36. The Kier molecular flexibility index (Phi) is 6.79. The average molecular weight is 452 g/mol. The van der Waals surface area contributed by atoms with E-state index in [2.05, 4.69) is 26.1 Å². The normalized spacial score (nSPS) is 17.9. The third-order valence-electron chi connectivity index (χ3n) is 5.88. The van der Waals surface area contributed by atoms with Crippen molar-refractivity contribution in [1.82, 2.24) is 10.3 Å². The molecule has 9 heteroatoms. The SMILES string of the molecule is CC(C(=O)N/N=C1\C(=O)Nc2ccc(NC(=O)CN3CCCCC3)cc21)c1ccc(F)cc1. The molecule has 172 valence electrons. The number of fused-ring (bicyclic) bond motifs is 1. The number of benzene rings is 2. The van der Waals surface area contributed by atoms with Gasteiger partial charge in [0.1, 0.15) is 5.82 Å². The van der Waals surface area contributed by atoms with E-state index in [4.69, 9.17) is 0 Å². The third kappa shape index (κ3) is 5.43. The van der Waals surface area contributed by atoms with Crippen LogP contribution in [-0.2, 0) is 14.4 Å². The van der Waals surface area contributed by atoms with Gasteiger partial charge < -0.3 is 10.6 Å². The summed E-state index contributed by atoms with van der Waals surface area (Å²) in [6.07, 6.45) is 3.40. The number of carbonyl (C=O) groups excluding carboxylic acids is 3. The Morgan fingerprint density at radius 3 is 2.58 bits per heavy atom. The van der Waals surface area contributed by atoms with Gasteiger partial charge in [-0.15, -0.1) is 0 Å². The van der Waals surface area contributed by atoms with Crippen LogP contribution in [0.1, 0.15) is 43.2 Å². The number of nitrogens with one attached hydrogen (secondary N) is 3. The molecule has 3 amide bonds. The maximum Gasteiger partial charge on any atom is 0.276 e. The minimum absolute atomic E-state index is 0.0526. The highest BCUT2D eigenvalue weighted by Crippen LogP contribution is 2.27. The van der Waals surface area contributed by atoms with Crippen molar-refractivity contribution < 1.29 is 18.8 Å². The smallest absolute Gasteiger partial charge is 0.276 e. The zero-order valence-corrected chi connectivity index (χ0v) is 18.4. The number of hydrogen-bond donors (Lipinski definition) is 3. The molecule has 1 atom stereocenters. The molecule has 2 heterocycles. The Bertz CT molecular complexity index is 1090. The summed E-state index contributed by atoms with van der Waals surface area (Å²) in [6.45, 7) is 3.83. The van der Waals surface area contributed by atoms with Crippen molar-refractivity contribution in [2.45, 2.75) is 32.1 Å². The van der Waals surface area contributed by atoms with Crippen molar-refractivity contribution in [1.29, 1.82) is 0 Å². The summed E-state index contributed by atoms with van der Waals surface area (Å²) in [4.78, 5) is 39.4. The van der Waals surface area contributed by atoms with Crippen LogP contribution in [0.5, 0.6) is 0 Å². The second-order valence-corrected chi connectivity index (χ2v) is 8.31. The van der Waals surface area contributed by atoms with Crippen LogP contribution >= 0.6 is 0 Å². The van der Waals surface area contributed by atoms with E-state index in [0.717, 1.165) is 25.9 Å². The summed E-state index contributed by atoms with van der Waals surface area (Å²) in [7, 11) is 0. The Labute approximate surface area is 191 Å². The zero-order valence-electron chi connectivity index (χ0n) is 18.4. The van der Waals surface area contributed by atoms with Crippen molar-refractivity contribution in [3.8, 4) is 0 Å². The van der Waals surface area contributed by atoms with Crippen LogP contribution in [-0.4, -0.2) is 48.0 Å². The molecule has 0 bridgehead atoms. The van der Waals surface area contributed by atoms with Crippen LogP contribution < -0.4 is 16.1 Å². The van der Waals surface area contributed by atoms with Crippen LogP contribution in [0, 0.1) is 5.82 Å². The molecule has 2 aromatic rings. The summed E-state index contributed by atoms with van der Waals surface area (Å²) in [5.41, 5.74) is 4.69. The Balaban J connectivity index is 1.43. The second kappa shape index (κ2) is 9.91. The number of rotatable bonds is 6. The van der Waals surface area contributed by atoms with Crippen LogP contribution in [0.15, 0.2) is 47.6 Å². The molecular formula is C24H26FN5O3. The summed E-state index contributed by atoms with van der Waals surface area (Å²) in [5, 5.41) is 9.61. The first-order chi connectivity index (χ1) is 15.9. The van der Waals surface area contributed by atoms with E-state index < -0.39 is 17.7 Å². The number of anilines is 2. The Hall–Kier alpha value is -3.59. The van der Waals surface area contributed by atoms with Gasteiger partial charge in [-0.1, -0.05) is 18.6 Å². The van der Waals surface area contributed by atoms with E-state index in [1.165, 1.54) is 30.7 Å². The minimum Gasteiger partial charge on any atom is -0.325 e. The van der Waals surface area contributed by atoms with Gasteiger partial charge in [-0.2, -0.15) is 5.10 Å². The molecule has 8 nitrogen and oxygen atoms in total. The molecule has 3 N–H and O–H groups in total. The molecule has 2 aromatic carbocycles. The van der Waals surface area contributed by atoms with Crippen LogP contribution in [0.2, 0.25) is 0 Å². The minimum atomic E-state index is -0.584.